The van der Waals surface area contributed by atoms with Crippen LogP contribution in [0.3, 0.4) is 0 Å². The highest BCUT2D eigenvalue weighted by Gasteiger charge is 2.32. The minimum Gasteiger partial charge on any atom is -0.484 e. The van der Waals surface area contributed by atoms with Crippen LogP contribution in [-0.4, -0.2) is 37.5 Å². The van der Waals surface area contributed by atoms with Crippen LogP contribution in [0.1, 0.15) is 47.5 Å². The molecular weight excluding hydrogens is 365 g/mol. The highest BCUT2D eigenvalue weighted by atomic mass is 19.1. The van der Waals surface area contributed by atoms with Gasteiger partial charge in [0, 0.05) is 18.9 Å². The quantitative estimate of drug-likeness (QED) is 0.668. The maximum atomic E-state index is 12.9. The van der Waals surface area contributed by atoms with E-state index in [1.54, 1.807) is 4.90 Å². The second-order valence-corrected chi connectivity index (χ2v) is 6.39. The number of benzene rings is 1. The highest BCUT2D eigenvalue weighted by molar-refractivity contribution is 5.92. The molecule has 0 saturated carbocycles. The van der Waals surface area contributed by atoms with Gasteiger partial charge in [-0.2, -0.15) is 4.98 Å². The van der Waals surface area contributed by atoms with Crippen molar-refractivity contribution in [2.45, 2.75) is 31.9 Å². The Morgan fingerprint density at radius 3 is 2.89 bits per heavy atom. The fraction of sp³-hybridized carbons (Fsp3) is 0.316. The number of hydrogen-bond acceptors (Lipinski definition) is 7. The lowest BCUT2D eigenvalue weighted by atomic mass is 10.0. The summed E-state index contributed by atoms with van der Waals surface area (Å²) in [4.78, 5) is 27.0. The third-order valence-electron chi connectivity index (χ3n) is 4.50. The van der Waals surface area contributed by atoms with E-state index in [4.69, 9.17) is 9.26 Å². The minimum atomic E-state index is -0.336. The number of amides is 1. The number of nitrogens with zero attached hydrogens (tertiary/aromatic N) is 5. The molecule has 144 valence electrons. The molecule has 4 rings (SSSR count). The minimum absolute atomic E-state index is 0.0590. The van der Waals surface area contributed by atoms with Gasteiger partial charge >= 0.3 is 0 Å². The first-order chi connectivity index (χ1) is 13.7. The van der Waals surface area contributed by atoms with Gasteiger partial charge in [0.05, 0.1) is 12.2 Å². The van der Waals surface area contributed by atoms with Gasteiger partial charge in [0.25, 0.3) is 11.8 Å². The lowest BCUT2D eigenvalue weighted by molar-refractivity contribution is 0.0590. The van der Waals surface area contributed by atoms with Crippen LogP contribution in [-0.2, 0) is 6.61 Å². The number of likely N-dealkylation sites (tertiary alicyclic amines) is 1. The third-order valence-corrected chi connectivity index (χ3v) is 4.50. The summed E-state index contributed by atoms with van der Waals surface area (Å²) in [6.07, 6.45) is 7.07. The predicted octanol–water partition coefficient (Wildman–Crippen LogP) is 2.95. The van der Waals surface area contributed by atoms with Crippen LogP contribution in [0.2, 0.25) is 0 Å². The Balaban J connectivity index is 1.46. The number of aromatic nitrogens is 4. The van der Waals surface area contributed by atoms with Crippen molar-refractivity contribution in [2.75, 3.05) is 6.54 Å². The average Bonchev–Trinajstić information content (AvgIpc) is 3.22. The molecule has 1 amide bonds. The van der Waals surface area contributed by atoms with Crippen LogP contribution in [0.4, 0.5) is 4.39 Å². The van der Waals surface area contributed by atoms with E-state index in [-0.39, 0.29) is 36.0 Å². The van der Waals surface area contributed by atoms with Crippen LogP contribution < -0.4 is 4.74 Å². The second kappa shape index (κ2) is 8.12. The van der Waals surface area contributed by atoms with Gasteiger partial charge in [0.1, 0.15) is 17.3 Å². The smallest absolute Gasteiger partial charge is 0.274 e. The van der Waals surface area contributed by atoms with Crippen LogP contribution >= 0.6 is 0 Å². The molecule has 0 spiro atoms. The van der Waals surface area contributed by atoms with E-state index in [9.17, 15) is 9.18 Å². The maximum Gasteiger partial charge on any atom is 0.274 e. The van der Waals surface area contributed by atoms with Crippen molar-refractivity contribution >= 4 is 5.91 Å². The van der Waals surface area contributed by atoms with Crippen molar-refractivity contribution < 1.29 is 18.4 Å². The van der Waals surface area contributed by atoms with Gasteiger partial charge in [-0.3, -0.25) is 9.78 Å². The summed E-state index contributed by atoms with van der Waals surface area (Å²) in [5, 5.41) is 4.04. The van der Waals surface area contributed by atoms with E-state index in [1.807, 2.05) is 0 Å². The molecule has 28 heavy (non-hydrogen) atoms. The summed E-state index contributed by atoms with van der Waals surface area (Å²) in [5.74, 6) is 0.689. The highest BCUT2D eigenvalue weighted by Crippen LogP contribution is 2.30. The molecule has 1 unspecified atom stereocenters. The molecule has 0 aliphatic carbocycles. The number of halogens is 1. The molecule has 2 aromatic heterocycles. The molecule has 1 aromatic carbocycles. The number of ether oxygens (including phenoxy) is 1. The lowest BCUT2D eigenvalue weighted by Gasteiger charge is -2.33. The first kappa shape index (κ1) is 18.0. The summed E-state index contributed by atoms with van der Waals surface area (Å²) in [7, 11) is 0. The van der Waals surface area contributed by atoms with Crippen LogP contribution in [0.25, 0.3) is 0 Å². The van der Waals surface area contributed by atoms with Crippen molar-refractivity contribution in [2.24, 2.45) is 0 Å². The number of piperidine rings is 1. The van der Waals surface area contributed by atoms with Gasteiger partial charge in [-0.05, 0) is 43.5 Å². The Morgan fingerprint density at radius 2 is 2.11 bits per heavy atom. The van der Waals surface area contributed by atoms with Crippen LogP contribution in [0, 0.1) is 5.82 Å². The largest absolute Gasteiger partial charge is 0.484 e. The van der Waals surface area contributed by atoms with Crippen molar-refractivity contribution in [3.63, 3.8) is 0 Å². The zero-order valence-electron chi connectivity index (χ0n) is 15.0. The van der Waals surface area contributed by atoms with Gasteiger partial charge in [0.15, 0.2) is 12.4 Å². The van der Waals surface area contributed by atoms with Crippen molar-refractivity contribution in [1.82, 2.24) is 25.0 Å². The van der Waals surface area contributed by atoms with E-state index in [2.05, 4.69) is 20.1 Å². The molecule has 1 aliphatic rings. The molecule has 3 heterocycles. The fourth-order valence-corrected chi connectivity index (χ4v) is 3.14. The molecule has 1 fully saturated rings. The van der Waals surface area contributed by atoms with E-state index in [0.29, 0.717) is 18.1 Å². The van der Waals surface area contributed by atoms with E-state index in [1.165, 1.54) is 42.9 Å². The van der Waals surface area contributed by atoms with Gasteiger partial charge in [-0.25, -0.2) is 9.37 Å². The molecule has 3 aromatic rings. The second-order valence-electron chi connectivity index (χ2n) is 6.39. The Labute approximate surface area is 160 Å². The zero-order valence-corrected chi connectivity index (χ0v) is 15.0. The molecule has 1 atom stereocenters. The van der Waals surface area contributed by atoms with E-state index >= 15 is 0 Å². The van der Waals surface area contributed by atoms with Gasteiger partial charge in [0.2, 0.25) is 0 Å². The van der Waals surface area contributed by atoms with Crippen LogP contribution in [0.5, 0.6) is 5.75 Å². The monoisotopic (exact) mass is 383 g/mol. The molecule has 8 nitrogen and oxygen atoms in total. The van der Waals surface area contributed by atoms with Gasteiger partial charge in [-0.1, -0.05) is 5.16 Å². The molecule has 0 radical (unpaired) electrons. The standard InChI is InChI=1S/C19H18FN5O3/c20-13-4-6-14(7-5-13)27-12-17-23-18(24-28-17)16-3-1-2-10-25(16)19(26)15-11-21-8-9-22-15/h4-9,11,16H,1-3,10,12H2. The summed E-state index contributed by atoms with van der Waals surface area (Å²) >= 11 is 0. The molecule has 1 saturated heterocycles. The van der Waals surface area contributed by atoms with E-state index < -0.39 is 0 Å². The zero-order chi connectivity index (χ0) is 19.3. The lowest BCUT2D eigenvalue weighted by Crippen LogP contribution is -2.39. The van der Waals surface area contributed by atoms with Crippen molar-refractivity contribution in [3.05, 3.63) is 66.1 Å². The topological polar surface area (TPSA) is 94.2 Å². The first-order valence-corrected chi connectivity index (χ1v) is 8.98. The summed E-state index contributed by atoms with van der Waals surface area (Å²) < 4.78 is 23.7. The first-order valence-electron chi connectivity index (χ1n) is 8.98. The Hall–Kier alpha value is -3.36. The summed E-state index contributed by atoms with van der Waals surface area (Å²) in [5.41, 5.74) is 0.290. The summed E-state index contributed by atoms with van der Waals surface area (Å²) in [6, 6.07) is 5.38. The molecule has 9 heteroatoms. The SMILES string of the molecule is O=C(c1cnccn1)N1CCCCC1c1noc(COc2ccc(F)cc2)n1. The maximum absolute atomic E-state index is 12.9. The predicted molar refractivity (Wildman–Crippen MR) is 94.7 cm³/mol. The molecule has 1 aliphatic heterocycles. The number of rotatable bonds is 5. The Kier molecular flexibility index (Phi) is 5.22. The Morgan fingerprint density at radius 1 is 1.25 bits per heavy atom. The normalized spacial score (nSPS) is 16.8. The van der Waals surface area contributed by atoms with Gasteiger partial charge < -0.3 is 14.2 Å². The number of carbonyl (C=O) groups is 1. The summed E-state index contributed by atoms with van der Waals surface area (Å²) in [6.45, 7) is 0.652. The van der Waals surface area contributed by atoms with E-state index in [0.717, 1.165) is 19.3 Å². The average molecular weight is 383 g/mol. The van der Waals surface area contributed by atoms with Crippen molar-refractivity contribution in [1.29, 1.82) is 0 Å². The van der Waals surface area contributed by atoms with Gasteiger partial charge in [-0.15, -0.1) is 0 Å². The van der Waals surface area contributed by atoms with Crippen LogP contribution in [0.15, 0.2) is 47.4 Å². The number of carbonyl (C=O) groups excluding carboxylic acids is 1. The third kappa shape index (κ3) is 3.98. The molecular formula is C19H18FN5O3. The Bertz CT molecular complexity index is 932. The van der Waals surface area contributed by atoms with Crippen molar-refractivity contribution in [3.8, 4) is 5.75 Å². The fourth-order valence-electron chi connectivity index (χ4n) is 3.14. The molecule has 0 N–H and O–H groups in total. The number of hydrogen-bond donors (Lipinski definition) is 0. The molecule has 0 bridgehead atoms.